The van der Waals surface area contributed by atoms with Gasteiger partial charge in [-0.2, -0.15) is 0 Å². The molecule has 0 atom stereocenters. The molecular formula is C16H34Br2O8. The maximum absolute atomic E-state index is 8.36. The van der Waals surface area contributed by atoms with Gasteiger partial charge < -0.3 is 38.6 Å². The third-order valence-electron chi connectivity index (χ3n) is 2.40. The minimum Gasteiger partial charge on any atom is -0.394 e. The fraction of sp³-hybridized carbons (Fsp3) is 1.00. The summed E-state index contributed by atoms with van der Waals surface area (Å²) in [6, 6.07) is 0. The van der Waals surface area contributed by atoms with Crippen molar-refractivity contribution in [3.8, 4) is 0 Å². The lowest BCUT2D eigenvalue weighted by Crippen LogP contribution is -2.11. The number of hydrogen-bond donors (Lipinski definition) is 2. The Hall–Kier alpha value is 0.640. The molecule has 0 unspecified atom stereocenters. The smallest absolute Gasteiger partial charge is 0.0701 e. The summed E-state index contributed by atoms with van der Waals surface area (Å²) in [7, 11) is 0. The van der Waals surface area contributed by atoms with Gasteiger partial charge in [-0.25, -0.2) is 0 Å². The SMILES string of the molecule is BrCCOCCOCCOCCBr.OCCOCCOCCOCCO. The van der Waals surface area contributed by atoms with Crippen LogP contribution >= 0.6 is 31.9 Å². The van der Waals surface area contributed by atoms with E-state index in [4.69, 9.17) is 38.6 Å². The first-order valence-corrected chi connectivity index (χ1v) is 10.9. The first-order valence-electron chi connectivity index (χ1n) is 8.63. The normalized spacial score (nSPS) is 10.6. The highest BCUT2D eigenvalue weighted by molar-refractivity contribution is 9.09. The molecule has 0 fully saturated rings. The molecule has 0 aliphatic heterocycles. The van der Waals surface area contributed by atoms with Crippen LogP contribution in [-0.4, -0.2) is 113 Å². The number of rotatable bonds is 20. The Kier molecular flexibility index (Phi) is 33.7. The van der Waals surface area contributed by atoms with Crippen LogP contribution in [0.4, 0.5) is 0 Å². The van der Waals surface area contributed by atoms with Crippen molar-refractivity contribution in [3.63, 3.8) is 0 Å². The zero-order chi connectivity index (χ0) is 19.6. The second-order valence-corrected chi connectivity index (χ2v) is 6.09. The zero-order valence-electron chi connectivity index (χ0n) is 15.4. The molecule has 0 aliphatic carbocycles. The third-order valence-corrected chi connectivity index (χ3v) is 3.05. The molecule has 0 aliphatic rings. The van der Waals surface area contributed by atoms with Crippen LogP contribution in [-0.2, 0) is 28.4 Å². The number of alkyl halides is 2. The molecule has 0 spiro atoms. The fourth-order valence-corrected chi connectivity index (χ4v) is 1.78. The fourth-order valence-electron chi connectivity index (χ4n) is 1.32. The highest BCUT2D eigenvalue weighted by Crippen LogP contribution is 1.85. The molecule has 0 saturated carbocycles. The molecule has 2 N–H and O–H groups in total. The summed E-state index contributed by atoms with van der Waals surface area (Å²) >= 11 is 6.54. The van der Waals surface area contributed by atoms with Crippen LogP contribution in [0.25, 0.3) is 0 Å². The van der Waals surface area contributed by atoms with Gasteiger partial charge in [0.25, 0.3) is 0 Å². The van der Waals surface area contributed by atoms with E-state index >= 15 is 0 Å². The average Bonchev–Trinajstić information content (AvgIpc) is 2.66. The van der Waals surface area contributed by atoms with Crippen molar-refractivity contribution in [2.45, 2.75) is 0 Å². The van der Waals surface area contributed by atoms with Gasteiger partial charge in [0.1, 0.15) is 0 Å². The summed E-state index contributed by atoms with van der Waals surface area (Å²) in [6.07, 6.45) is 0. The summed E-state index contributed by atoms with van der Waals surface area (Å²) in [5.74, 6) is 0. The monoisotopic (exact) mass is 512 g/mol. The Bertz CT molecular complexity index is 186. The molecule has 0 amide bonds. The van der Waals surface area contributed by atoms with Crippen LogP contribution in [0.1, 0.15) is 0 Å². The summed E-state index contributed by atoms with van der Waals surface area (Å²) in [5.41, 5.74) is 0. The lowest BCUT2D eigenvalue weighted by molar-refractivity contribution is 0.00230. The Morgan fingerprint density at radius 1 is 0.385 bits per heavy atom. The van der Waals surface area contributed by atoms with Crippen molar-refractivity contribution < 1.29 is 38.6 Å². The Balaban J connectivity index is 0. The predicted octanol–water partition coefficient (Wildman–Crippen LogP) is 0.847. The van der Waals surface area contributed by atoms with E-state index in [1.807, 2.05) is 0 Å². The van der Waals surface area contributed by atoms with Crippen molar-refractivity contribution in [1.29, 1.82) is 0 Å². The van der Waals surface area contributed by atoms with Gasteiger partial charge in [0.15, 0.2) is 0 Å². The lowest BCUT2D eigenvalue weighted by Gasteiger charge is -2.04. The van der Waals surface area contributed by atoms with E-state index in [0.717, 1.165) is 23.9 Å². The topological polar surface area (TPSA) is 95.8 Å². The van der Waals surface area contributed by atoms with Crippen LogP contribution in [0.2, 0.25) is 0 Å². The van der Waals surface area contributed by atoms with Gasteiger partial charge in [0.2, 0.25) is 0 Å². The van der Waals surface area contributed by atoms with Crippen molar-refractivity contribution in [1.82, 2.24) is 0 Å². The predicted molar refractivity (Wildman–Crippen MR) is 107 cm³/mol. The molecule has 0 bridgehead atoms. The summed E-state index contributed by atoms with van der Waals surface area (Å²) in [6.45, 7) is 6.84. The van der Waals surface area contributed by atoms with Gasteiger partial charge >= 0.3 is 0 Å². The number of ether oxygens (including phenoxy) is 6. The zero-order valence-corrected chi connectivity index (χ0v) is 18.6. The molecule has 0 radical (unpaired) electrons. The molecule has 0 aromatic carbocycles. The van der Waals surface area contributed by atoms with Crippen molar-refractivity contribution in [3.05, 3.63) is 0 Å². The summed E-state index contributed by atoms with van der Waals surface area (Å²) in [4.78, 5) is 0. The van der Waals surface area contributed by atoms with Gasteiger partial charge in [-0.1, -0.05) is 31.9 Å². The molecule has 10 heteroatoms. The molecule has 0 saturated heterocycles. The Morgan fingerprint density at radius 3 is 0.846 bits per heavy atom. The number of hydrogen-bond acceptors (Lipinski definition) is 8. The maximum Gasteiger partial charge on any atom is 0.0701 e. The van der Waals surface area contributed by atoms with Gasteiger partial charge in [-0.05, 0) is 0 Å². The standard InChI is InChI=1S/C8H16Br2O3.C8H18O5/c2*9-1-3-11-5-7-13-8-6-12-4-2-10/h1-8H2;9-10H,1-8H2. The first kappa shape index (κ1) is 28.8. The number of aliphatic hydroxyl groups is 2. The lowest BCUT2D eigenvalue weighted by atomic mass is 10.7. The molecule has 0 rings (SSSR count). The first-order chi connectivity index (χ1) is 12.8. The van der Waals surface area contributed by atoms with E-state index in [1.54, 1.807) is 0 Å². The van der Waals surface area contributed by atoms with Crippen molar-refractivity contribution in [2.75, 3.05) is 103 Å². The van der Waals surface area contributed by atoms with E-state index in [9.17, 15) is 0 Å². The van der Waals surface area contributed by atoms with Crippen LogP contribution in [0.15, 0.2) is 0 Å². The highest BCUT2D eigenvalue weighted by atomic mass is 79.9. The molecule has 0 aromatic rings. The van der Waals surface area contributed by atoms with E-state index in [0.29, 0.717) is 66.1 Å². The van der Waals surface area contributed by atoms with E-state index < -0.39 is 0 Å². The van der Waals surface area contributed by atoms with Crippen LogP contribution in [0.5, 0.6) is 0 Å². The second kappa shape index (κ2) is 30.4. The van der Waals surface area contributed by atoms with E-state index in [2.05, 4.69) is 31.9 Å². The Morgan fingerprint density at radius 2 is 0.615 bits per heavy atom. The molecule has 160 valence electrons. The molecular weight excluding hydrogens is 480 g/mol. The molecule has 0 heterocycles. The van der Waals surface area contributed by atoms with Gasteiger partial charge in [-0.15, -0.1) is 0 Å². The van der Waals surface area contributed by atoms with E-state index in [1.165, 1.54) is 0 Å². The summed E-state index contributed by atoms with van der Waals surface area (Å²) in [5, 5.41) is 18.5. The highest BCUT2D eigenvalue weighted by Gasteiger charge is 1.91. The third kappa shape index (κ3) is 32.3. The van der Waals surface area contributed by atoms with E-state index in [-0.39, 0.29) is 13.2 Å². The largest absolute Gasteiger partial charge is 0.394 e. The molecule has 26 heavy (non-hydrogen) atoms. The minimum atomic E-state index is 0.0413. The van der Waals surface area contributed by atoms with Crippen LogP contribution in [0, 0.1) is 0 Å². The molecule has 0 aromatic heterocycles. The van der Waals surface area contributed by atoms with Gasteiger partial charge in [0.05, 0.1) is 92.5 Å². The number of aliphatic hydroxyl groups excluding tert-OH is 2. The number of halogens is 2. The quantitative estimate of drug-likeness (QED) is 0.183. The van der Waals surface area contributed by atoms with Crippen LogP contribution < -0.4 is 0 Å². The molecule has 8 nitrogen and oxygen atoms in total. The van der Waals surface area contributed by atoms with Gasteiger partial charge in [-0.3, -0.25) is 0 Å². The van der Waals surface area contributed by atoms with Crippen molar-refractivity contribution in [2.24, 2.45) is 0 Å². The Labute approximate surface area is 173 Å². The maximum atomic E-state index is 8.36. The average molecular weight is 514 g/mol. The van der Waals surface area contributed by atoms with Gasteiger partial charge in [0, 0.05) is 10.7 Å². The van der Waals surface area contributed by atoms with Crippen LogP contribution in [0.3, 0.4) is 0 Å². The van der Waals surface area contributed by atoms with Crippen molar-refractivity contribution >= 4 is 31.9 Å². The minimum absolute atomic E-state index is 0.0413. The second-order valence-electron chi connectivity index (χ2n) is 4.50. The summed E-state index contributed by atoms with van der Waals surface area (Å²) < 4.78 is 30.6.